The van der Waals surface area contributed by atoms with Gasteiger partial charge in [0.15, 0.2) is 0 Å². The zero-order chi connectivity index (χ0) is 36.8. The number of nitrogens with zero attached hydrogens (tertiary/aromatic N) is 2. The van der Waals surface area contributed by atoms with Gasteiger partial charge in [0.25, 0.3) is 0 Å². The van der Waals surface area contributed by atoms with Gasteiger partial charge in [-0.05, 0) is 51.5 Å². The summed E-state index contributed by atoms with van der Waals surface area (Å²) >= 11 is 0. The normalized spacial score (nSPS) is 6.86. The highest BCUT2D eigenvalue weighted by molar-refractivity contribution is 5.12. The van der Waals surface area contributed by atoms with Crippen molar-refractivity contribution in [3.05, 3.63) is 120 Å². The summed E-state index contributed by atoms with van der Waals surface area (Å²) in [5, 5.41) is 0. The van der Waals surface area contributed by atoms with Crippen LogP contribution in [0.1, 0.15) is 133 Å². The fourth-order valence-electron chi connectivity index (χ4n) is 2.26. The Bertz CT molecular complexity index is 802. The SMILES string of the molecule is CC.CC.CC.CC.CC.CC.CC.CC.Cc1ccccc1.Cc1ccccc1.Cc1cccn1C.Cc1ccn(C)c1. The summed E-state index contributed by atoms with van der Waals surface area (Å²) in [6.45, 7) is 40.3. The van der Waals surface area contributed by atoms with Crippen molar-refractivity contribution in [3.63, 3.8) is 0 Å². The van der Waals surface area contributed by atoms with E-state index in [0.29, 0.717) is 0 Å². The molecule has 4 aromatic rings. The molecule has 0 fully saturated rings. The van der Waals surface area contributed by atoms with Crippen LogP contribution in [0.15, 0.2) is 97.5 Å². The highest BCUT2D eigenvalue weighted by Gasteiger charge is 1.82. The van der Waals surface area contributed by atoms with Crippen LogP contribution < -0.4 is 0 Å². The summed E-state index contributed by atoms with van der Waals surface area (Å²) in [5.41, 5.74) is 5.27. The lowest BCUT2D eigenvalue weighted by Gasteiger charge is -1.89. The lowest BCUT2D eigenvalue weighted by molar-refractivity contribution is 0.882. The third-order valence-corrected chi connectivity index (χ3v) is 4.06. The summed E-state index contributed by atoms with van der Waals surface area (Å²) in [5.74, 6) is 0. The van der Waals surface area contributed by atoms with Gasteiger partial charge in [-0.25, -0.2) is 0 Å². The number of rotatable bonds is 0. The van der Waals surface area contributed by atoms with Crippen molar-refractivity contribution in [3.8, 4) is 0 Å². The van der Waals surface area contributed by atoms with Crippen LogP contribution in [0.2, 0.25) is 0 Å². The molecule has 4 rings (SSSR count). The van der Waals surface area contributed by atoms with Gasteiger partial charge in [0.1, 0.15) is 0 Å². The molecule has 0 saturated heterocycles. The van der Waals surface area contributed by atoms with Crippen LogP contribution >= 0.6 is 0 Å². The summed E-state index contributed by atoms with van der Waals surface area (Å²) < 4.78 is 4.12. The van der Waals surface area contributed by atoms with E-state index in [0.717, 1.165) is 0 Å². The quantitative estimate of drug-likeness (QED) is 0.186. The first-order valence-corrected chi connectivity index (χ1v) is 17.6. The lowest BCUT2D eigenvalue weighted by atomic mass is 10.2. The van der Waals surface area contributed by atoms with Crippen LogP contribution in [0.25, 0.3) is 0 Å². The van der Waals surface area contributed by atoms with Crippen molar-refractivity contribution >= 4 is 0 Å². The molecule has 0 amide bonds. The van der Waals surface area contributed by atoms with Gasteiger partial charge < -0.3 is 9.13 Å². The maximum absolute atomic E-state index is 2.08. The van der Waals surface area contributed by atoms with Gasteiger partial charge in [-0.2, -0.15) is 0 Å². The molecule has 2 aromatic heterocycles. The van der Waals surface area contributed by atoms with Gasteiger partial charge in [0.2, 0.25) is 0 Å². The molecule has 0 N–H and O–H groups in total. The summed E-state index contributed by atoms with van der Waals surface area (Å²) in [6.07, 6.45) is 6.16. The van der Waals surface area contributed by atoms with E-state index in [4.69, 9.17) is 0 Å². The maximum atomic E-state index is 2.08. The average Bonchev–Trinajstić information content (AvgIpc) is 3.70. The summed E-state index contributed by atoms with van der Waals surface area (Å²) in [6, 6.07) is 26.7. The van der Waals surface area contributed by atoms with Crippen molar-refractivity contribution in [2.75, 3.05) is 0 Å². The molecule has 0 aliphatic rings. The van der Waals surface area contributed by atoms with Gasteiger partial charge in [0, 0.05) is 38.4 Å². The molecule has 44 heavy (non-hydrogen) atoms. The second-order valence-corrected chi connectivity index (χ2v) is 6.92. The minimum atomic E-state index is 1.31. The van der Waals surface area contributed by atoms with Gasteiger partial charge in [0.05, 0.1) is 0 Å². The largest absolute Gasteiger partial charge is 0.357 e. The molecule has 0 unspecified atom stereocenters. The van der Waals surface area contributed by atoms with Crippen LogP contribution in [0.4, 0.5) is 0 Å². The first-order valence-electron chi connectivity index (χ1n) is 17.6. The zero-order valence-corrected chi connectivity index (χ0v) is 34.1. The molecule has 0 radical (unpaired) electrons. The molecule has 0 atom stereocenters. The van der Waals surface area contributed by atoms with Crippen molar-refractivity contribution in [1.82, 2.24) is 9.13 Å². The lowest BCUT2D eigenvalue weighted by Crippen LogP contribution is -1.84. The Kier molecular flexibility index (Phi) is 86.7. The van der Waals surface area contributed by atoms with Crippen molar-refractivity contribution in [1.29, 1.82) is 0 Å². The Hall–Kier alpha value is -3.00. The number of benzene rings is 2. The molecule has 0 bridgehead atoms. The molecule has 0 aliphatic carbocycles. The Morgan fingerprint density at radius 3 is 0.750 bits per heavy atom. The van der Waals surface area contributed by atoms with E-state index in [1.54, 1.807) is 0 Å². The summed E-state index contributed by atoms with van der Waals surface area (Å²) in [7, 11) is 4.06. The molecule has 0 spiro atoms. The first kappa shape index (κ1) is 60.2. The Balaban J connectivity index is -0.0000000568. The third kappa shape index (κ3) is 55.0. The van der Waals surface area contributed by atoms with Crippen LogP contribution in [0, 0.1) is 27.7 Å². The second kappa shape index (κ2) is 63.3. The van der Waals surface area contributed by atoms with Gasteiger partial charge in [-0.15, -0.1) is 0 Å². The van der Waals surface area contributed by atoms with Crippen LogP contribution in [-0.4, -0.2) is 9.13 Å². The Morgan fingerprint density at radius 1 is 0.341 bits per heavy atom. The van der Waals surface area contributed by atoms with E-state index in [1.807, 2.05) is 184 Å². The minimum Gasteiger partial charge on any atom is -0.357 e. The standard InChI is InChI=1S/2C7H8.2C6H9N.8C2H6/c2*1-7-5-3-2-4-6-7;1-6-3-4-7(2)5-6;1-6-4-3-5-7(6)2;8*1-2/h2*2-6H,1H3;2*3-5H,1-2H3;8*1-2H3. The van der Waals surface area contributed by atoms with Crippen LogP contribution in [0.3, 0.4) is 0 Å². The molecule has 0 aliphatic heterocycles. The van der Waals surface area contributed by atoms with Crippen LogP contribution in [-0.2, 0) is 14.1 Å². The van der Waals surface area contributed by atoms with E-state index in [1.165, 1.54) is 22.4 Å². The highest BCUT2D eigenvalue weighted by Crippen LogP contribution is 1.95. The second-order valence-electron chi connectivity index (χ2n) is 6.92. The minimum absolute atomic E-state index is 1.31. The molecule has 2 nitrogen and oxygen atoms in total. The fraction of sp³-hybridized carbons (Fsp3) is 0.524. The number of aryl methyl sites for hydroxylation is 6. The maximum Gasteiger partial charge on any atom is 0.0140 e. The van der Waals surface area contributed by atoms with E-state index < -0.39 is 0 Å². The molecule has 2 heteroatoms. The van der Waals surface area contributed by atoms with E-state index in [9.17, 15) is 0 Å². The van der Waals surface area contributed by atoms with E-state index in [-0.39, 0.29) is 0 Å². The summed E-state index contributed by atoms with van der Waals surface area (Å²) in [4.78, 5) is 0. The molecule has 260 valence electrons. The predicted molar refractivity (Wildman–Crippen MR) is 213 cm³/mol. The first-order chi connectivity index (χ1) is 21.4. The Morgan fingerprint density at radius 2 is 0.659 bits per heavy atom. The predicted octanol–water partition coefficient (Wildman–Crippen LogP) is 14.9. The number of hydrogen-bond donors (Lipinski definition) is 0. The third-order valence-electron chi connectivity index (χ3n) is 4.06. The molecular weight excluding hydrogens is 532 g/mol. The van der Waals surface area contributed by atoms with Crippen molar-refractivity contribution in [2.45, 2.75) is 138 Å². The molecule has 2 heterocycles. The zero-order valence-electron chi connectivity index (χ0n) is 34.1. The monoisotopic (exact) mass is 615 g/mol. The fourth-order valence-corrected chi connectivity index (χ4v) is 2.26. The topological polar surface area (TPSA) is 9.86 Å². The van der Waals surface area contributed by atoms with Gasteiger partial charge in [-0.1, -0.05) is 183 Å². The van der Waals surface area contributed by atoms with Gasteiger partial charge >= 0.3 is 0 Å². The smallest absolute Gasteiger partial charge is 0.0140 e. The van der Waals surface area contributed by atoms with E-state index >= 15 is 0 Å². The number of hydrogen-bond acceptors (Lipinski definition) is 0. The average molecular weight is 615 g/mol. The Labute approximate surface area is 281 Å². The van der Waals surface area contributed by atoms with E-state index in [2.05, 4.69) is 74.9 Å². The van der Waals surface area contributed by atoms with Gasteiger partial charge in [-0.3, -0.25) is 0 Å². The molecule has 2 aromatic carbocycles. The van der Waals surface area contributed by atoms with Crippen LogP contribution in [0.5, 0.6) is 0 Å². The molecule has 0 saturated carbocycles. The highest BCUT2D eigenvalue weighted by atomic mass is 14.9. The van der Waals surface area contributed by atoms with Crippen molar-refractivity contribution in [2.24, 2.45) is 14.1 Å². The number of aromatic nitrogens is 2. The van der Waals surface area contributed by atoms with Crippen molar-refractivity contribution < 1.29 is 0 Å². The molecular formula is C42H82N2.